The maximum Gasteiger partial charge on any atom is 0.124 e. The van der Waals surface area contributed by atoms with Gasteiger partial charge in [-0.2, -0.15) is 0 Å². The Morgan fingerprint density at radius 3 is 2.82 bits per heavy atom. The third-order valence-electron chi connectivity index (χ3n) is 4.84. The standard InChI is InChI=1S/C19H26N2O/c1-14-6-5-11-21(13-14)17(12-20)19-16-8-4-3-7-15(16)9-10-18(19)22-2/h3-4,7-10,14,17H,5-6,11-13,20H2,1-2H3/t14-,17+/m0/s1. The highest BCUT2D eigenvalue weighted by Crippen LogP contribution is 2.37. The van der Waals surface area contributed by atoms with E-state index in [9.17, 15) is 0 Å². The Hall–Kier alpha value is -1.58. The first-order chi connectivity index (χ1) is 10.7. The average Bonchev–Trinajstić information content (AvgIpc) is 2.56. The van der Waals surface area contributed by atoms with Crippen molar-refractivity contribution in [1.29, 1.82) is 0 Å². The minimum absolute atomic E-state index is 0.226. The number of likely N-dealkylation sites (tertiary alicyclic amines) is 1. The molecular formula is C19H26N2O. The SMILES string of the molecule is COc1ccc2ccccc2c1[C@@H](CN)N1CCC[C@H](C)C1. The molecule has 0 radical (unpaired) electrons. The quantitative estimate of drug-likeness (QED) is 0.937. The van der Waals surface area contributed by atoms with Gasteiger partial charge in [-0.15, -0.1) is 0 Å². The van der Waals surface area contributed by atoms with Crippen LogP contribution in [0.2, 0.25) is 0 Å². The lowest BCUT2D eigenvalue weighted by atomic mass is 9.92. The van der Waals surface area contributed by atoms with Crippen molar-refractivity contribution >= 4 is 10.8 Å². The van der Waals surface area contributed by atoms with Crippen molar-refractivity contribution in [3.8, 4) is 5.75 Å². The monoisotopic (exact) mass is 298 g/mol. The molecule has 2 aromatic rings. The van der Waals surface area contributed by atoms with Crippen molar-refractivity contribution in [2.24, 2.45) is 11.7 Å². The molecular weight excluding hydrogens is 272 g/mol. The van der Waals surface area contributed by atoms with Crippen LogP contribution in [0.3, 0.4) is 0 Å². The Bertz CT molecular complexity index is 640. The largest absolute Gasteiger partial charge is 0.496 e. The first kappa shape index (κ1) is 15.3. The topological polar surface area (TPSA) is 38.5 Å². The van der Waals surface area contributed by atoms with E-state index in [1.54, 1.807) is 7.11 Å². The van der Waals surface area contributed by atoms with E-state index < -0.39 is 0 Å². The Morgan fingerprint density at radius 1 is 1.27 bits per heavy atom. The molecule has 118 valence electrons. The van der Waals surface area contributed by atoms with Crippen LogP contribution in [-0.4, -0.2) is 31.6 Å². The van der Waals surface area contributed by atoms with Crippen molar-refractivity contribution in [2.75, 3.05) is 26.7 Å². The zero-order chi connectivity index (χ0) is 15.5. The van der Waals surface area contributed by atoms with Crippen molar-refractivity contribution in [3.05, 3.63) is 42.0 Å². The van der Waals surface area contributed by atoms with Gasteiger partial charge in [-0.3, -0.25) is 4.90 Å². The molecule has 0 aromatic heterocycles. The van der Waals surface area contributed by atoms with Gasteiger partial charge < -0.3 is 10.5 Å². The zero-order valence-corrected chi connectivity index (χ0v) is 13.6. The fourth-order valence-corrected chi connectivity index (χ4v) is 3.76. The number of benzene rings is 2. The lowest BCUT2D eigenvalue weighted by Crippen LogP contribution is -2.40. The summed E-state index contributed by atoms with van der Waals surface area (Å²) in [6.45, 7) is 5.20. The summed E-state index contributed by atoms with van der Waals surface area (Å²) in [6, 6.07) is 13.0. The van der Waals surface area contributed by atoms with Crippen LogP contribution in [0.15, 0.2) is 36.4 Å². The van der Waals surface area contributed by atoms with Gasteiger partial charge in [0.25, 0.3) is 0 Å². The first-order valence-electron chi connectivity index (χ1n) is 8.24. The highest BCUT2D eigenvalue weighted by atomic mass is 16.5. The minimum Gasteiger partial charge on any atom is -0.496 e. The van der Waals surface area contributed by atoms with Crippen LogP contribution >= 0.6 is 0 Å². The number of hydrogen-bond acceptors (Lipinski definition) is 3. The molecule has 1 aliphatic heterocycles. The molecule has 1 aliphatic rings. The van der Waals surface area contributed by atoms with Gasteiger partial charge in [0, 0.05) is 18.7 Å². The first-order valence-corrected chi connectivity index (χ1v) is 8.24. The highest BCUT2D eigenvalue weighted by molar-refractivity contribution is 5.88. The highest BCUT2D eigenvalue weighted by Gasteiger charge is 2.27. The van der Waals surface area contributed by atoms with Crippen LogP contribution < -0.4 is 10.5 Å². The van der Waals surface area contributed by atoms with Gasteiger partial charge in [0.2, 0.25) is 0 Å². The molecule has 0 amide bonds. The third-order valence-corrected chi connectivity index (χ3v) is 4.84. The van der Waals surface area contributed by atoms with Crippen molar-refractivity contribution in [1.82, 2.24) is 4.90 Å². The van der Waals surface area contributed by atoms with Crippen LogP contribution in [0, 0.1) is 5.92 Å². The summed E-state index contributed by atoms with van der Waals surface area (Å²) in [5.74, 6) is 1.69. The summed E-state index contributed by atoms with van der Waals surface area (Å²) in [5, 5.41) is 2.51. The van der Waals surface area contributed by atoms with Crippen molar-refractivity contribution < 1.29 is 4.74 Å². The molecule has 2 atom stereocenters. The number of rotatable bonds is 4. The van der Waals surface area contributed by atoms with E-state index in [0.29, 0.717) is 6.54 Å². The molecule has 0 aliphatic carbocycles. The lowest BCUT2D eigenvalue weighted by Gasteiger charge is -2.38. The number of nitrogens with zero attached hydrogens (tertiary/aromatic N) is 1. The van der Waals surface area contributed by atoms with Crippen LogP contribution in [0.25, 0.3) is 10.8 Å². The Labute approximate surface area is 133 Å². The summed E-state index contributed by atoms with van der Waals surface area (Å²) >= 11 is 0. The Morgan fingerprint density at radius 2 is 2.09 bits per heavy atom. The molecule has 1 heterocycles. The van der Waals surface area contributed by atoms with E-state index in [2.05, 4.69) is 48.2 Å². The predicted molar refractivity (Wildman–Crippen MR) is 92.3 cm³/mol. The van der Waals surface area contributed by atoms with Crippen molar-refractivity contribution in [3.63, 3.8) is 0 Å². The number of hydrogen-bond donors (Lipinski definition) is 1. The molecule has 1 saturated heterocycles. The summed E-state index contributed by atoms with van der Waals surface area (Å²) in [7, 11) is 1.75. The predicted octanol–water partition coefficient (Wildman–Crippen LogP) is 3.58. The fraction of sp³-hybridized carbons (Fsp3) is 0.474. The summed E-state index contributed by atoms with van der Waals surface area (Å²) in [6.07, 6.45) is 2.57. The average molecular weight is 298 g/mol. The van der Waals surface area contributed by atoms with Gasteiger partial charge in [-0.1, -0.05) is 37.3 Å². The molecule has 3 rings (SSSR count). The minimum atomic E-state index is 0.226. The molecule has 0 unspecified atom stereocenters. The number of piperidine rings is 1. The van der Waals surface area contributed by atoms with E-state index in [1.165, 1.54) is 29.2 Å². The smallest absolute Gasteiger partial charge is 0.124 e. The normalized spacial score (nSPS) is 21.0. The zero-order valence-electron chi connectivity index (χ0n) is 13.6. The van der Waals surface area contributed by atoms with Crippen LogP contribution in [-0.2, 0) is 0 Å². The van der Waals surface area contributed by atoms with Gasteiger partial charge in [0.15, 0.2) is 0 Å². The summed E-state index contributed by atoms with van der Waals surface area (Å²) in [4.78, 5) is 2.54. The third kappa shape index (κ3) is 2.83. The molecule has 3 nitrogen and oxygen atoms in total. The second kappa shape index (κ2) is 6.67. The number of methoxy groups -OCH3 is 1. The Kier molecular flexibility index (Phi) is 4.65. The molecule has 0 bridgehead atoms. The van der Waals surface area contributed by atoms with Gasteiger partial charge in [0.1, 0.15) is 5.75 Å². The summed E-state index contributed by atoms with van der Waals surface area (Å²) in [5.41, 5.74) is 7.45. The van der Waals surface area contributed by atoms with E-state index in [0.717, 1.165) is 24.8 Å². The van der Waals surface area contributed by atoms with Crippen LogP contribution in [0.5, 0.6) is 5.75 Å². The van der Waals surface area contributed by atoms with Gasteiger partial charge in [-0.25, -0.2) is 0 Å². The fourth-order valence-electron chi connectivity index (χ4n) is 3.76. The molecule has 2 aromatic carbocycles. The van der Waals surface area contributed by atoms with Crippen LogP contribution in [0.4, 0.5) is 0 Å². The molecule has 0 saturated carbocycles. The maximum absolute atomic E-state index is 6.20. The molecule has 3 heteroatoms. The van der Waals surface area contributed by atoms with Gasteiger partial charge in [-0.05, 0) is 42.1 Å². The molecule has 0 spiro atoms. The van der Waals surface area contributed by atoms with E-state index in [4.69, 9.17) is 10.5 Å². The number of ether oxygens (including phenoxy) is 1. The van der Waals surface area contributed by atoms with E-state index in [1.807, 2.05) is 0 Å². The van der Waals surface area contributed by atoms with Gasteiger partial charge in [0.05, 0.1) is 13.2 Å². The number of fused-ring (bicyclic) bond motifs is 1. The molecule has 22 heavy (non-hydrogen) atoms. The molecule has 2 N–H and O–H groups in total. The lowest BCUT2D eigenvalue weighted by molar-refractivity contribution is 0.132. The van der Waals surface area contributed by atoms with Crippen molar-refractivity contribution in [2.45, 2.75) is 25.8 Å². The second-order valence-electron chi connectivity index (χ2n) is 6.40. The van der Waals surface area contributed by atoms with Gasteiger partial charge >= 0.3 is 0 Å². The molecule has 1 fully saturated rings. The number of nitrogens with two attached hydrogens (primary N) is 1. The maximum atomic E-state index is 6.20. The second-order valence-corrected chi connectivity index (χ2v) is 6.40. The van der Waals surface area contributed by atoms with E-state index >= 15 is 0 Å². The van der Waals surface area contributed by atoms with E-state index in [-0.39, 0.29) is 6.04 Å². The summed E-state index contributed by atoms with van der Waals surface area (Å²) < 4.78 is 5.67. The van der Waals surface area contributed by atoms with Crippen LogP contribution in [0.1, 0.15) is 31.4 Å². The Balaban J connectivity index is 2.08.